The molecule has 1 aromatic carbocycles. The molecule has 2 aliphatic heterocycles. The van der Waals surface area contributed by atoms with Crippen molar-refractivity contribution in [3.8, 4) is 0 Å². The minimum absolute atomic E-state index is 0.150. The molecule has 2 unspecified atom stereocenters. The second kappa shape index (κ2) is 4.64. The van der Waals surface area contributed by atoms with E-state index in [1.807, 2.05) is 30.9 Å². The van der Waals surface area contributed by atoms with E-state index in [2.05, 4.69) is 6.07 Å². The average molecular weight is 259 g/mol. The zero-order valence-electron chi connectivity index (χ0n) is 11.6. The third-order valence-corrected chi connectivity index (χ3v) is 4.56. The number of amides is 1. The van der Waals surface area contributed by atoms with Gasteiger partial charge in [0, 0.05) is 17.6 Å². The van der Waals surface area contributed by atoms with Gasteiger partial charge in [-0.2, -0.15) is 0 Å². The number of piperidine rings is 1. The number of aliphatic hydroxyl groups is 1. The second-order valence-electron chi connectivity index (χ2n) is 6.04. The van der Waals surface area contributed by atoms with E-state index in [1.165, 1.54) is 5.56 Å². The van der Waals surface area contributed by atoms with Crippen molar-refractivity contribution in [2.75, 3.05) is 0 Å². The monoisotopic (exact) mass is 259 g/mol. The molecule has 1 N–H and O–H groups in total. The smallest absolute Gasteiger partial charge is 0.254 e. The number of rotatable bonds is 1. The van der Waals surface area contributed by atoms with E-state index in [1.54, 1.807) is 0 Å². The molecule has 0 saturated carbocycles. The standard InChI is InChI=1S/C16H21NO2/c1-10-3-6-15(11(2)7-10)16(19)17-12-4-5-13(17)9-14(18)8-12/h3,6-7,12-14,18H,4-5,8-9H2,1-2H3. The molecule has 3 heteroatoms. The van der Waals surface area contributed by atoms with Gasteiger partial charge >= 0.3 is 0 Å². The van der Waals surface area contributed by atoms with Crippen LogP contribution < -0.4 is 0 Å². The Morgan fingerprint density at radius 3 is 2.42 bits per heavy atom. The van der Waals surface area contributed by atoms with Crippen LogP contribution in [0.5, 0.6) is 0 Å². The average Bonchev–Trinajstić information content (AvgIpc) is 2.61. The fourth-order valence-electron chi connectivity index (χ4n) is 3.67. The predicted molar refractivity (Wildman–Crippen MR) is 74.1 cm³/mol. The van der Waals surface area contributed by atoms with Gasteiger partial charge in [0.05, 0.1) is 6.10 Å². The Kier molecular flexibility index (Phi) is 3.09. The summed E-state index contributed by atoms with van der Waals surface area (Å²) in [7, 11) is 0. The molecule has 2 saturated heterocycles. The van der Waals surface area contributed by atoms with Crippen LogP contribution >= 0.6 is 0 Å². The fraction of sp³-hybridized carbons (Fsp3) is 0.562. The van der Waals surface area contributed by atoms with Crippen molar-refractivity contribution >= 4 is 5.91 Å². The summed E-state index contributed by atoms with van der Waals surface area (Å²) in [4.78, 5) is 14.8. The molecule has 3 nitrogen and oxygen atoms in total. The van der Waals surface area contributed by atoms with E-state index < -0.39 is 0 Å². The zero-order chi connectivity index (χ0) is 13.6. The number of aliphatic hydroxyl groups excluding tert-OH is 1. The molecule has 2 heterocycles. The number of hydrogen-bond donors (Lipinski definition) is 1. The van der Waals surface area contributed by atoms with Crippen LogP contribution in [0, 0.1) is 13.8 Å². The van der Waals surface area contributed by atoms with Crippen molar-refractivity contribution in [1.82, 2.24) is 4.90 Å². The third kappa shape index (κ3) is 2.16. The van der Waals surface area contributed by atoms with Gasteiger partial charge in [-0.3, -0.25) is 4.79 Å². The SMILES string of the molecule is Cc1ccc(C(=O)N2C3CCC2CC(O)C3)c(C)c1. The minimum Gasteiger partial charge on any atom is -0.393 e. The summed E-state index contributed by atoms with van der Waals surface area (Å²) in [6, 6.07) is 6.48. The summed E-state index contributed by atoms with van der Waals surface area (Å²) in [5.74, 6) is 0.150. The van der Waals surface area contributed by atoms with Crippen molar-refractivity contribution in [2.45, 2.75) is 57.7 Å². The molecule has 102 valence electrons. The number of hydrogen-bond acceptors (Lipinski definition) is 2. The van der Waals surface area contributed by atoms with Crippen molar-refractivity contribution < 1.29 is 9.90 Å². The first-order valence-corrected chi connectivity index (χ1v) is 7.14. The maximum Gasteiger partial charge on any atom is 0.254 e. The molecule has 3 rings (SSSR count). The molecule has 0 radical (unpaired) electrons. The van der Waals surface area contributed by atoms with Gasteiger partial charge in [0.2, 0.25) is 0 Å². The normalized spacial score (nSPS) is 29.6. The Hall–Kier alpha value is -1.35. The van der Waals surface area contributed by atoms with Crippen LogP contribution in [0.2, 0.25) is 0 Å². The number of carbonyl (C=O) groups excluding carboxylic acids is 1. The summed E-state index contributed by atoms with van der Waals surface area (Å²) >= 11 is 0. The summed E-state index contributed by atoms with van der Waals surface area (Å²) < 4.78 is 0. The van der Waals surface area contributed by atoms with Crippen molar-refractivity contribution in [2.24, 2.45) is 0 Å². The molecule has 2 bridgehead atoms. The lowest BCUT2D eigenvalue weighted by atomic mass is 9.97. The highest BCUT2D eigenvalue weighted by atomic mass is 16.3. The molecule has 0 aliphatic carbocycles. The Balaban J connectivity index is 1.88. The fourth-order valence-corrected chi connectivity index (χ4v) is 3.67. The number of benzene rings is 1. The van der Waals surface area contributed by atoms with Crippen LogP contribution in [0.1, 0.15) is 47.2 Å². The van der Waals surface area contributed by atoms with Gasteiger partial charge in [0.1, 0.15) is 0 Å². The largest absolute Gasteiger partial charge is 0.393 e. The van der Waals surface area contributed by atoms with Crippen LogP contribution in [0.3, 0.4) is 0 Å². The van der Waals surface area contributed by atoms with Gasteiger partial charge in [-0.05, 0) is 51.2 Å². The van der Waals surface area contributed by atoms with Gasteiger partial charge < -0.3 is 10.0 Å². The van der Waals surface area contributed by atoms with E-state index in [4.69, 9.17) is 0 Å². The van der Waals surface area contributed by atoms with E-state index in [9.17, 15) is 9.90 Å². The van der Waals surface area contributed by atoms with Crippen molar-refractivity contribution in [3.05, 3.63) is 34.9 Å². The van der Waals surface area contributed by atoms with Crippen molar-refractivity contribution in [3.63, 3.8) is 0 Å². The first-order chi connectivity index (χ1) is 9.06. The summed E-state index contributed by atoms with van der Waals surface area (Å²) in [5.41, 5.74) is 3.06. The van der Waals surface area contributed by atoms with Crippen LogP contribution in [0.25, 0.3) is 0 Å². The summed E-state index contributed by atoms with van der Waals surface area (Å²) in [6.45, 7) is 4.04. The maximum atomic E-state index is 12.7. The van der Waals surface area contributed by atoms with Gasteiger partial charge in [-0.1, -0.05) is 17.7 Å². The summed E-state index contributed by atoms with van der Waals surface area (Å²) in [6.07, 6.45) is 3.34. The molecular weight excluding hydrogens is 238 g/mol. The van der Waals surface area contributed by atoms with Crippen LogP contribution in [0.15, 0.2) is 18.2 Å². The van der Waals surface area contributed by atoms with Gasteiger partial charge in [0.15, 0.2) is 0 Å². The lowest BCUT2D eigenvalue weighted by Gasteiger charge is -2.37. The molecule has 0 aromatic heterocycles. The van der Waals surface area contributed by atoms with E-state index in [0.717, 1.165) is 36.8 Å². The van der Waals surface area contributed by atoms with E-state index >= 15 is 0 Å². The number of aryl methyl sites for hydroxylation is 2. The van der Waals surface area contributed by atoms with Crippen LogP contribution in [0.4, 0.5) is 0 Å². The Labute approximate surface area is 114 Å². The molecular formula is C16H21NO2. The van der Waals surface area contributed by atoms with Crippen LogP contribution in [-0.2, 0) is 0 Å². The van der Waals surface area contributed by atoms with Crippen molar-refractivity contribution in [1.29, 1.82) is 0 Å². The Bertz CT molecular complexity index is 497. The molecule has 1 amide bonds. The third-order valence-electron chi connectivity index (χ3n) is 4.56. The molecule has 1 aromatic rings. The topological polar surface area (TPSA) is 40.5 Å². The first kappa shape index (κ1) is 12.7. The van der Waals surface area contributed by atoms with Gasteiger partial charge in [-0.15, -0.1) is 0 Å². The van der Waals surface area contributed by atoms with E-state index in [-0.39, 0.29) is 24.1 Å². The van der Waals surface area contributed by atoms with Gasteiger partial charge in [0.25, 0.3) is 5.91 Å². The minimum atomic E-state index is -0.222. The highest BCUT2D eigenvalue weighted by molar-refractivity contribution is 5.96. The van der Waals surface area contributed by atoms with Gasteiger partial charge in [-0.25, -0.2) is 0 Å². The highest BCUT2D eigenvalue weighted by Gasteiger charge is 2.43. The first-order valence-electron chi connectivity index (χ1n) is 7.14. The zero-order valence-corrected chi connectivity index (χ0v) is 11.6. The molecule has 2 aliphatic rings. The molecule has 0 spiro atoms. The lowest BCUT2D eigenvalue weighted by Crippen LogP contribution is -2.48. The highest BCUT2D eigenvalue weighted by Crippen LogP contribution is 2.37. The Morgan fingerprint density at radius 2 is 1.84 bits per heavy atom. The number of carbonyl (C=O) groups is 1. The molecule has 19 heavy (non-hydrogen) atoms. The van der Waals surface area contributed by atoms with E-state index in [0.29, 0.717) is 0 Å². The number of nitrogens with zero attached hydrogens (tertiary/aromatic N) is 1. The molecule has 2 atom stereocenters. The quantitative estimate of drug-likeness (QED) is 0.841. The molecule has 2 fully saturated rings. The van der Waals surface area contributed by atoms with Crippen LogP contribution in [-0.4, -0.2) is 34.1 Å². The lowest BCUT2D eigenvalue weighted by molar-refractivity contribution is 0.0286. The Morgan fingerprint density at radius 1 is 1.21 bits per heavy atom. The maximum absolute atomic E-state index is 12.7. The summed E-state index contributed by atoms with van der Waals surface area (Å²) in [5, 5.41) is 9.81. The number of fused-ring (bicyclic) bond motifs is 2. The second-order valence-corrected chi connectivity index (χ2v) is 6.04. The predicted octanol–water partition coefficient (Wildman–Crippen LogP) is 2.43.